The van der Waals surface area contributed by atoms with Crippen molar-refractivity contribution in [2.45, 2.75) is 12.5 Å². The molecule has 0 aromatic rings. The maximum Gasteiger partial charge on any atom is 0.102 e. The maximum atomic E-state index is 10.2. The topological polar surface area (TPSA) is 89.5 Å². The molecule has 0 saturated carbocycles. The van der Waals surface area contributed by atoms with Gasteiger partial charge in [0.05, 0.1) is 12.6 Å². The van der Waals surface area contributed by atoms with E-state index in [0.29, 0.717) is 0 Å². The van der Waals surface area contributed by atoms with Crippen molar-refractivity contribution in [1.29, 1.82) is 0 Å². The van der Waals surface area contributed by atoms with Crippen LogP contribution >= 0.6 is 0 Å². The Labute approximate surface area is 69.3 Å². The second-order valence-corrected chi connectivity index (χ2v) is 2.01. The Kier molecular flexibility index (Phi) is 4.71. The fourth-order valence-electron chi connectivity index (χ4n) is 0.546. The molecule has 0 aliphatic heterocycles. The van der Waals surface area contributed by atoms with Crippen LogP contribution < -0.4 is 10.2 Å². The summed E-state index contributed by atoms with van der Waals surface area (Å²) in [7, 11) is 0. The molecule has 1 unspecified atom stereocenters. The lowest BCUT2D eigenvalue weighted by Gasteiger charge is -2.17. The molecule has 0 N–H and O–H groups in total. The highest BCUT2D eigenvalue weighted by molar-refractivity contribution is 5.77. The van der Waals surface area contributed by atoms with Gasteiger partial charge in [0.1, 0.15) is 6.10 Å². The smallest absolute Gasteiger partial charge is 0.102 e. The van der Waals surface area contributed by atoms with Gasteiger partial charge in [-0.3, -0.25) is 0 Å². The highest BCUT2D eigenvalue weighted by atomic mass is 16.5. The van der Waals surface area contributed by atoms with Crippen LogP contribution in [-0.4, -0.2) is 24.6 Å². The number of carboxylic acid groups (broad SMARTS) is 2. The van der Waals surface area contributed by atoms with Crippen molar-refractivity contribution in [3.05, 3.63) is 12.7 Å². The number of carbonyl (C=O) groups is 2. The largest absolute Gasteiger partial charge is 0.550 e. The number of carboxylic acids is 2. The van der Waals surface area contributed by atoms with Gasteiger partial charge in [0.2, 0.25) is 0 Å². The SMILES string of the molecule is C=CCOC(CC(=O)[O-])C(=O)[O-]. The fourth-order valence-corrected chi connectivity index (χ4v) is 0.546. The zero-order chi connectivity index (χ0) is 9.56. The molecule has 0 aromatic carbocycles. The summed E-state index contributed by atoms with van der Waals surface area (Å²) >= 11 is 0. The molecule has 0 aromatic heterocycles. The number of hydrogen-bond acceptors (Lipinski definition) is 5. The lowest BCUT2D eigenvalue weighted by molar-refractivity contribution is -0.325. The number of ether oxygens (including phenoxy) is 1. The molecule has 0 spiro atoms. The standard InChI is InChI=1S/C7H10O5/c1-2-3-12-5(7(10)11)4-6(8)9/h2,5H,1,3-4H2,(H,8,9)(H,10,11)/p-2. The van der Waals surface area contributed by atoms with Crippen LogP contribution in [0.2, 0.25) is 0 Å². The van der Waals surface area contributed by atoms with Crippen molar-refractivity contribution in [2.24, 2.45) is 0 Å². The number of carbonyl (C=O) groups excluding carboxylic acids is 2. The van der Waals surface area contributed by atoms with E-state index < -0.39 is 24.5 Å². The van der Waals surface area contributed by atoms with Crippen LogP contribution in [0.3, 0.4) is 0 Å². The normalized spacial score (nSPS) is 12.0. The molecule has 0 amide bonds. The van der Waals surface area contributed by atoms with E-state index in [-0.39, 0.29) is 6.61 Å². The summed E-state index contributed by atoms with van der Waals surface area (Å²) < 4.78 is 4.56. The van der Waals surface area contributed by atoms with Crippen molar-refractivity contribution in [3.8, 4) is 0 Å². The van der Waals surface area contributed by atoms with Gasteiger partial charge >= 0.3 is 0 Å². The molecule has 0 saturated heterocycles. The van der Waals surface area contributed by atoms with Gasteiger partial charge in [-0.25, -0.2) is 0 Å². The zero-order valence-electron chi connectivity index (χ0n) is 6.32. The lowest BCUT2D eigenvalue weighted by Crippen LogP contribution is -2.41. The first kappa shape index (κ1) is 10.6. The summed E-state index contributed by atoms with van der Waals surface area (Å²) in [4.78, 5) is 20.1. The van der Waals surface area contributed by atoms with Crippen molar-refractivity contribution in [2.75, 3.05) is 6.61 Å². The van der Waals surface area contributed by atoms with Gasteiger partial charge in [-0.15, -0.1) is 6.58 Å². The highest BCUT2D eigenvalue weighted by Crippen LogP contribution is 1.96. The Morgan fingerprint density at radius 1 is 1.50 bits per heavy atom. The average Bonchev–Trinajstić information content (AvgIpc) is 1.96. The van der Waals surface area contributed by atoms with Crippen LogP contribution in [0, 0.1) is 0 Å². The molecule has 0 heterocycles. The van der Waals surface area contributed by atoms with E-state index in [1.165, 1.54) is 6.08 Å². The van der Waals surface area contributed by atoms with Gasteiger partial charge in [0.15, 0.2) is 0 Å². The molecule has 1 atom stereocenters. The number of hydrogen-bond donors (Lipinski definition) is 0. The predicted octanol–water partition coefficient (Wildman–Crippen LogP) is -2.55. The minimum Gasteiger partial charge on any atom is -0.550 e. The van der Waals surface area contributed by atoms with E-state index in [4.69, 9.17) is 0 Å². The van der Waals surface area contributed by atoms with Gasteiger partial charge < -0.3 is 24.5 Å². The first-order valence-corrected chi connectivity index (χ1v) is 3.21. The first-order chi connectivity index (χ1) is 5.57. The van der Waals surface area contributed by atoms with Crippen molar-refractivity contribution < 1.29 is 24.5 Å². The van der Waals surface area contributed by atoms with E-state index in [9.17, 15) is 19.8 Å². The van der Waals surface area contributed by atoms with Gasteiger partial charge in [-0.2, -0.15) is 0 Å². The summed E-state index contributed by atoms with van der Waals surface area (Å²) in [6, 6.07) is 0. The third kappa shape index (κ3) is 4.45. The molecule has 5 heteroatoms. The highest BCUT2D eigenvalue weighted by Gasteiger charge is 2.09. The van der Waals surface area contributed by atoms with E-state index >= 15 is 0 Å². The molecule has 5 nitrogen and oxygen atoms in total. The van der Waals surface area contributed by atoms with Gasteiger partial charge in [-0.1, -0.05) is 6.08 Å². The first-order valence-electron chi connectivity index (χ1n) is 3.21. The van der Waals surface area contributed by atoms with Crippen LogP contribution in [0.1, 0.15) is 6.42 Å². The van der Waals surface area contributed by atoms with Crippen LogP contribution in [0.4, 0.5) is 0 Å². The van der Waals surface area contributed by atoms with E-state index in [1.54, 1.807) is 0 Å². The summed E-state index contributed by atoms with van der Waals surface area (Å²) in [5.74, 6) is -3.06. The van der Waals surface area contributed by atoms with Crippen LogP contribution in [0.15, 0.2) is 12.7 Å². The van der Waals surface area contributed by atoms with E-state index in [2.05, 4.69) is 11.3 Å². The fraction of sp³-hybridized carbons (Fsp3) is 0.429. The van der Waals surface area contributed by atoms with E-state index in [1.807, 2.05) is 0 Å². The molecule has 0 fully saturated rings. The third-order valence-corrected chi connectivity index (χ3v) is 1.03. The lowest BCUT2D eigenvalue weighted by atomic mass is 10.2. The van der Waals surface area contributed by atoms with Gasteiger partial charge in [-0.05, 0) is 0 Å². The summed E-state index contributed by atoms with van der Waals surface area (Å²) in [5.41, 5.74) is 0. The number of rotatable bonds is 6. The molecular formula is C7H8O5-2. The van der Waals surface area contributed by atoms with Crippen LogP contribution in [0.25, 0.3) is 0 Å². The maximum absolute atomic E-state index is 10.2. The Bertz CT molecular complexity index is 186. The molecule has 0 rings (SSSR count). The van der Waals surface area contributed by atoms with Gasteiger partial charge in [0, 0.05) is 12.4 Å². The van der Waals surface area contributed by atoms with Crippen LogP contribution in [0.5, 0.6) is 0 Å². The summed E-state index contributed by atoms with van der Waals surface area (Å²) in [5, 5.41) is 20.1. The second kappa shape index (κ2) is 5.31. The average molecular weight is 172 g/mol. The molecule has 0 aliphatic rings. The monoisotopic (exact) mass is 172 g/mol. The second-order valence-electron chi connectivity index (χ2n) is 2.01. The van der Waals surface area contributed by atoms with Gasteiger partial charge in [0.25, 0.3) is 0 Å². The third-order valence-electron chi connectivity index (χ3n) is 1.03. The van der Waals surface area contributed by atoms with E-state index in [0.717, 1.165) is 0 Å². The predicted molar refractivity (Wildman–Crippen MR) is 34.6 cm³/mol. The minimum atomic E-state index is -1.57. The van der Waals surface area contributed by atoms with Crippen LogP contribution in [-0.2, 0) is 14.3 Å². The van der Waals surface area contributed by atoms with Crippen molar-refractivity contribution in [1.82, 2.24) is 0 Å². The summed E-state index contributed by atoms with van der Waals surface area (Å²) in [6.07, 6.45) is -0.866. The Morgan fingerprint density at radius 2 is 2.08 bits per heavy atom. The molecule has 0 bridgehead atoms. The molecule has 68 valence electrons. The Balaban J connectivity index is 3.94. The zero-order valence-corrected chi connectivity index (χ0v) is 6.32. The molecule has 0 aliphatic carbocycles. The van der Waals surface area contributed by atoms with Crippen molar-refractivity contribution in [3.63, 3.8) is 0 Å². The quantitative estimate of drug-likeness (QED) is 0.411. The Hall–Kier alpha value is -1.36. The summed E-state index contributed by atoms with van der Waals surface area (Å²) in [6.45, 7) is 3.23. The minimum absolute atomic E-state index is 0.0358. The molecule has 0 radical (unpaired) electrons. The molecule has 12 heavy (non-hydrogen) atoms. The Morgan fingerprint density at radius 3 is 2.42 bits per heavy atom. The van der Waals surface area contributed by atoms with Crippen molar-refractivity contribution >= 4 is 11.9 Å². The number of aliphatic carboxylic acids is 2. The molecular weight excluding hydrogens is 164 g/mol.